The Morgan fingerprint density at radius 2 is 1.85 bits per heavy atom. The number of esters is 2. The molecule has 0 aromatic rings. The van der Waals surface area contributed by atoms with Crippen LogP contribution in [0.4, 0.5) is 0 Å². The maximum absolute atomic E-state index is 13.2. The standard InChI is InChI=1S/C22H32O4/c1-13-11-22-12-14(13)7-8-15(22)20(2)9-6-10-21(3,19(24)26-5)17(20)16(22)18(23)25-4/h14-17H,1,6-12H2,2-5H3/t14-,15-,16+,17-,20-,21+,22-/m0/s1. The molecule has 0 aromatic heterocycles. The van der Waals surface area contributed by atoms with E-state index in [9.17, 15) is 9.59 Å². The highest BCUT2D eigenvalue weighted by Gasteiger charge is 2.75. The molecule has 4 rings (SSSR count). The van der Waals surface area contributed by atoms with Gasteiger partial charge in [-0.1, -0.05) is 25.5 Å². The van der Waals surface area contributed by atoms with E-state index in [0.717, 1.165) is 38.5 Å². The van der Waals surface area contributed by atoms with Crippen LogP contribution in [-0.2, 0) is 19.1 Å². The van der Waals surface area contributed by atoms with Crippen LogP contribution in [0.2, 0.25) is 0 Å². The fourth-order valence-corrected chi connectivity index (χ4v) is 8.22. The van der Waals surface area contributed by atoms with E-state index < -0.39 is 5.41 Å². The Morgan fingerprint density at radius 3 is 2.50 bits per heavy atom. The topological polar surface area (TPSA) is 52.6 Å². The Labute approximate surface area is 156 Å². The summed E-state index contributed by atoms with van der Waals surface area (Å²) in [5.74, 6) is 0.463. The van der Waals surface area contributed by atoms with Crippen LogP contribution in [0.3, 0.4) is 0 Å². The first-order chi connectivity index (χ1) is 12.2. The van der Waals surface area contributed by atoms with Gasteiger partial charge in [0.1, 0.15) is 0 Å². The Balaban J connectivity index is 1.91. The minimum atomic E-state index is -0.619. The highest BCUT2D eigenvalue weighted by Crippen LogP contribution is 2.77. The lowest BCUT2D eigenvalue weighted by Gasteiger charge is -2.50. The van der Waals surface area contributed by atoms with Gasteiger partial charge in [-0.3, -0.25) is 9.59 Å². The van der Waals surface area contributed by atoms with Gasteiger partial charge in [-0.25, -0.2) is 0 Å². The number of carbonyl (C=O) groups excluding carboxylic acids is 2. The first-order valence-corrected chi connectivity index (χ1v) is 10.1. The molecule has 4 fully saturated rings. The first-order valence-electron chi connectivity index (χ1n) is 10.1. The summed E-state index contributed by atoms with van der Waals surface area (Å²) >= 11 is 0. The molecule has 0 heterocycles. The number of hydrogen-bond acceptors (Lipinski definition) is 4. The minimum Gasteiger partial charge on any atom is -0.469 e. The summed E-state index contributed by atoms with van der Waals surface area (Å²) in [6.45, 7) is 8.73. The van der Waals surface area contributed by atoms with Crippen molar-refractivity contribution in [2.45, 2.75) is 58.8 Å². The fraction of sp³-hybridized carbons (Fsp3) is 0.818. The average Bonchev–Trinajstić information content (AvgIpc) is 3.00. The van der Waals surface area contributed by atoms with Crippen LogP contribution in [0.5, 0.6) is 0 Å². The molecule has 144 valence electrons. The summed E-state index contributed by atoms with van der Waals surface area (Å²) in [6, 6.07) is 0. The molecule has 26 heavy (non-hydrogen) atoms. The van der Waals surface area contributed by atoms with Gasteiger partial charge in [0.2, 0.25) is 0 Å². The van der Waals surface area contributed by atoms with Crippen LogP contribution in [0, 0.1) is 39.9 Å². The fourth-order valence-electron chi connectivity index (χ4n) is 8.22. The zero-order valence-electron chi connectivity index (χ0n) is 16.6. The molecule has 2 bridgehead atoms. The third kappa shape index (κ3) is 1.96. The van der Waals surface area contributed by atoms with Crippen LogP contribution < -0.4 is 0 Å². The number of allylic oxidation sites excluding steroid dienone is 1. The van der Waals surface area contributed by atoms with E-state index in [4.69, 9.17) is 9.47 Å². The van der Waals surface area contributed by atoms with Crippen molar-refractivity contribution < 1.29 is 19.1 Å². The number of fused-ring (bicyclic) bond motifs is 3. The summed E-state index contributed by atoms with van der Waals surface area (Å²) in [5, 5.41) is 0. The van der Waals surface area contributed by atoms with Crippen molar-refractivity contribution in [1.29, 1.82) is 0 Å². The van der Waals surface area contributed by atoms with Gasteiger partial charge >= 0.3 is 11.9 Å². The molecule has 0 amide bonds. The van der Waals surface area contributed by atoms with E-state index in [1.54, 1.807) is 0 Å². The quantitative estimate of drug-likeness (QED) is 0.549. The Bertz CT molecular complexity index is 669. The number of rotatable bonds is 2. The molecule has 0 saturated heterocycles. The smallest absolute Gasteiger partial charge is 0.311 e. The van der Waals surface area contributed by atoms with Gasteiger partial charge in [0.15, 0.2) is 0 Å². The van der Waals surface area contributed by atoms with Crippen molar-refractivity contribution in [2.75, 3.05) is 14.2 Å². The van der Waals surface area contributed by atoms with Crippen LogP contribution in [0.1, 0.15) is 58.8 Å². The lowest BCUT2D eigenvalue weighted by atomic mass is 9.53. The minimum absolute atomic E-state index is 0.0155. The van der Waals surface area contributed by atoms with E-state index in [0.29, 0.717) is 11.8 Å². The third-order valence-corrected chi connectivity index (χ3v) is 8.92. The van der Waals surface area contributed by atoms with Crippen molar-refractivity contribution in [3.05, 3.63) is 12.2 Å². The average molecular weight is 360 g/mol. The molecule has 0 radical (unpaired) electrons. The van der Waals surface area contributed by atoms with E-state index in [2.05, 4.69) is 13.5 Å². The van der Waals surface area contributed by atoms with Crippen molar-refractivity contribution in [1.82, 2.24) is 0 Å². The lowest BCUT2D eigenvalue weighted by Crippen LogP contribution is -2.51. The third-order valence-electron chi connectivity index (χ3n) is 8.92. The van der Waals surface area contributed by atoms with Crippen molar-refractivity contribution in [3.63, 3.8) is 0 Å². The normalized spacial score (nSPS) is 49.3. The zero-order chi connectivity index (χ0) is 18.9. The van der Waals surface area contributed by atoms with E-state index >= 15 is 0 Å². The molecule has 7 atom stereocenters. The van der Waals surface area contributed by atoms with Crippen molar-refractivity contribution in [2.24, 2.45) is 39.9 Å². The largest absolute Gasteiger partial charge is 0.469 e. The summed E-state index contributed by atoms with van der Waals surface area (Å²) in [6.07, 6.45) is 7.17. The molecule has 0 aromatic carbocycles. The van der Waals surface area contributed by atoms with Crippen LogP contribution in [0.15, 0.2) is 12.2 Å². The van der Waals surface area contributed by atoms with Gasteiger partial charge in [0, 0.05) is 0 Å². The lowest BCUT2D eigenvalue weighted by molar-refractivity contribution is -0.170. The van der Waals surface area contributed by atoms with Crippen LogP contribution >= 0.6 is 0 Å². The molecule has 0 aliphatic heterocycles. The second-order valence-electron chi connectivity index (χ2n) is 9.85. The molecule has 0 unspecified atom stereocenters. The molecular formula is C22H32O4. The Hall–Kier alpha value is -1.32. The molecule has 0 N–H and O–H groups in total. The van der Waals surface area contributed by atoms with E-state index in [1.807, 2.05) is 6.92 Å². The summed E-state index contributed by atoms with van der Waals surface area (Å²) in [5.41, 5.74) is 0.594. The Kier molecular flexibility index (Phi) is 3.88. The number of hydrogen-bond donors (Lipinski definition) is 0. The molecular weight excluding hydrogens is 328 g/mol. The van der Waals surface area contributed by atoms with Gasteiger partial charge in [-0.05, 0) is 74.0 Å². The second kappa shape index (κ2) is 5.59. The predicted octanol–water partition coefficient (Wildman–Crippen LogP) is 4.14. The maximum atomic E-state index is 13.2. The van der Waals surface area contributed by atoms with Crippen molar-refractivity contribution in [3.8, 4) is 0 Å². The molecule has 4 nitrogen and oxygen atoms in total. The molecule has 4 heteroatoms. The predicted molar refractivity (Wildman–Crippen MR) is 98.1 cm³/mol. The second-order valence-corrected chi connectivity index (χ2v) is 9.85. The van der Waals surface area contributed by atoms with E-state index in [1.165, 1.54) is 26.2 Å². The molecule has 1 spiro atoms. The van der Waals surface area contributed by atoms with E-state index in [-0.39, 0.29) is 34.6 Å². The number of ether oxygens (including phenoxy) is 2. The van der Waals surface area contributed by atoms with Crippen molar-refractivity contribution >= 4 is 11.9 Å². The summed E-state index contributed by atoms with van der Waals surface area (Å²) in [4.78, 5) is 26.1. The molecule has 4 aliphatic rings. The van der Waals surface area contributed by atoms with Crippen LogP contribution in [-0.4, -0.2) is 26.2 Å². The SMILES string of the molecule is C=C1C[C@]23C[C@@H]1CC[C@H]2[C@]1(C)CCC[C@@](C)(C(=O)OC)[C@H]1[C@@H]3C(=O)OC. The number of carbonyl (C=O) groups is 2. The van der Waals surface area contributed by atoms with Gasteiger partial charge in [-0.15, -0.1) is 0 Å². The highest BCUT2D eigenvalue weighted by molar-refractivity contribution is 5.81. The molecule has 4 saturated carbocycles. The first kappa shape index (κ1) is 18.1. The van der Waals surface area contributed by atoms with Crippen LogP contribution in [0.25, 0.3) is 0 Å². The number of methoxy groups -OCH3 is 2. The van der Waals surface area contributed by atoms with Gasteiger partial charge < -0.3 is 9.47 Å². The molecule has 4 aliphatic carbocycles. The monoisotopic (exact) mass is 360 g/mol. The highest BCUT2D eigenvalue weighted by atomic mass is 16.5. The maximum Gasteiger partial charge on any atom is 0.311 e. The Morgan fingerprint density at radius 1 is 1.12 bits per heavy atom. The summed E-state index contributed by atoms with van der Waals surface area (Å²) in [7, 11) is 2.96. The van der Waals surface area contributed by atoms with Gasteiger partial charge in [0.05, 0.1) is 25.6 Å². The zero-order valence-corrected chi connectivity index (χ0v) is 16.6. The van der Waals surface area contributed by atoms with Gasteiger partial charge in [0.25, 0.3) is 0 Å². The summed E-state index contributed by atoms with van der Waals surface area (Å²) < 4.78 is 10.6. The van der Waals surface area contributed by atoms with Gasteiger partial charge in [-0.2, -0.15) is 0 Å².